The van der Waals surface area contributed by atoms with Crippen LogP contribution in [0.5, 0.6) is 5.75 Å². The summed E-state index contributed by atoms with van der Waals surface area (Å²) in [6.07, 6.45) is 0. The lowest BCUT2D eigenvalue weighted by Gasteiger charge is -2.12. The number of rotatable bonds is 8. The molecule has 0 spiro atoms. The highest BCUT2D eigenvalue weighted by Gasteiger charge is 2.20. The van der Waals surface area contributed by atoms with Gasteiger partial charge in [0.15, 0.2) is 11.6 Å². The fourth-order valence-electron chi connectivity index (χ4n) is 2.29. The number of carbonyl (C=O) groups is 1. The summed E-state index contributed by atoms with van der Waals surface area (Å²) in [5.41, 5.74) is 0.171. The second-order valence-corrected chi connectivity index (χ2v) is 8.35. The predicted molar refractivity (Wildman–Crippen MR) is 104 cm³/mol. The topological polar surface area (TPSA) is 81.7 Å². The van der Waals surface area contributed by atoms with Gasteiger partial charge in [-0.25, -0.2) is 17.6 Å². The van der Waals surface area contributed by atoms with Crippen molar-refractivity contribution in [3.8, 4) is 5.75 Å². The normalized spacial score (nSPS) is 11.0. The number of hydrogen-bond donors (Lipinski definition) is 1. The van der Waals surface area contributed by atoms with Crippen LogP contribution in [0.4, 0.5) is 10.1 Å². The van der Waals surface area contributed by atoms with Crippen molar-refractivity contribution >= 4 is 33.0 Å². The van der Waals surface area contributed by atoms with Gasteiger partial charge in [0.05, 0.1) is 11.3 Å². The maximum Gasteiger partial charge on any atom is 0.340 e. The molecule has 0 saturated heterocycles. The molecule has 0 atom stereocenters. The highest BCUT2D eigenvalue weighted by Crippen LogP contribution is 2.23. The summed E-state index contributed by atoms with van der Waals surface area (Å²) in [7, 11) is -3.80. The van der Waals surface area contributed by atoms with Crippen LogP contribution in [0.15, 0.2) is 70.3 Å². The molecule has 0 aliphatic rings. The van der Waals surface area contributed by atoms with Gasteiger partial charge in [0, 0.05) is 0 Å². The molecule has 0 aliphatic carbocycles. The minimum Gasteiger partial charge on any atom is -0.487 e. The summed E-state index contributed by atoms with van der Waals surface area (Å²) in [4.78, 5) is 12.3. The number of halogens is 1. The van der Waals surface area contributed by atoms with E-state index in [1.54, 1.807) is 29.6 Å². The molecule has 6 nitrogen and oxygen atoms in total. The predicted octanol–water partition coefficient (Wildman–Crippen LogP) is 3.92. The van der Waals surface area contributed by atoms with E-state index in [0.29, 0.717) is 0 Å². The summed E-state index contributed by atoms with van der Waals surface area (Å²) in [6, 6.07) is 15.1. The number of carbonyl (C=O) groups excluding carboxylic acids is 1. The fraction of sp³-hybridized carbons (Fsp3) is 0.105. The van der Waals surface area contributed by atoms with Gasteiger partial charge in [-0.1, -0.05) is 30.3 Å². The van der Waals surface area contributed by atoms with E-state index in [4.69, 9.17) is 9.47 Å². The Kier molecular flexibility index (Phi) is 6.27. The van der Waals surface area contributed by atoms with Crippen LogP contribution in [-0.4, -0.2) is 27.6 Å². The van der Waals surface area contributed by atoms with Crippen LogP contribution in [0.1, 0.15) is 10.4 Å². The van der Waals surface area contributed by atoms with Gasteiger partial charge in [0.2, 0.25) is 0 Å². The molecule has 3 rings (SSSR count). The zero-order valence-corrected chi connectivity index (χ0v) is 16.1. The van der Waals surface area contributed by atoms with Gasteiger partial charge in [0.25, 0.3) is 10.0 Å². The van der Waals surface area contributed by atoms with E-state index in [-0.39, 0.29) is 34.4 Å². The van der Waals surface area contributed by atoms with Crippen LogP contribution in [0.2, 0.25) is 0 Å². The molecule has 146 valence electrons. The smallest absolute Gasteiger partial charge is 0.340 e. The third-order valence-electron chi connectivity index (χ3n) is 3.56. The third-order valence-corrected chi connectivity index (χ3v) is 6.32. The number of esters is 1. The zero-order chi connectivity index (χ0) is 20.0. The van der Waals surface area contributed by atoms with Gasteiger partial charge < -0.3 is 9.47 Å². The summed E-state index contributed by atoms with van der Waals surface area (Å²) >= 11 is 1.07. The number of ether oxygens (including phenoxy) is 2. The van der Waals surface area contributed by atoms with E-state index in [2.05, 4.69) is 4.72 Å². The average Bonchev–Trinajstić information content (AvgIpc) is 3.22. The quantitative estimate of drug-likeness (QED) is 0.440. The first-order chi connectivity index (χ1) is 13.5. The lowest BCUT2D eigenvalue weighted by molar-refractivity contribution is 0.0449. The first kappa shape index (κ1) is 19.8. The summed E-state index contributed by atoms with van der Waals surface area (Å²) in [6.45, 7) is -0.172. The van der Waals surface area contributed by atoms with Gasteiger partial charge in [-0.2, -0.15) is 0 Å². The standard InChI is InChI=1S/C19H16FNO5S2/c20-15-7-2-4-9-17(15)25-11-12-26-19(22)14-6-1-3-8-16(14)21-28(23,24)18-10-5-13-27-18/h1-10,13,21H,11-12H2. The van der Waals surface area contributed by atoms with Crippen LogP contribution in [0.25, 0.3) is 0 Å². The molecule has 1 N–H and O–H groups in total. The molecule has 0 aliphatic heterocycles. The van der Waals surface area contributed by atoms with Crippen molar-refractivity contribution < 1.29 is 27.1 Å². The second kappa shape index (κ2) is 8.85. The number of nitrogens with one attached hydrogen (secondary N) is 1. The highest BCUT2D eigenvalue weighted by atomic mass is 32.2. The first-order valence-electron chi connectivity index (χ1n) is 8.17. The molecule has 2 aromatic carbocycles. The van der Waals surface area contributed by atoms with Crippen LogP contribution < -0.4 is 9.46 Å². The molecule has 0 bridgehead atoms. The van der Waals surface area contributed by atoms with Crippen molar-refractivity contribution in [3.05, 3.63) is 77.4 Å². The van der Waals surface area contributed by atoms with E-state index in [0.717, 1.165) is 11.3 Å². The van der Waals surface area contributed by atoms with Crippen LogP contribution in [-0.2, 0) is 14.8 Å². The van der Waals surface area contributed by atoms with E-state index >= 15 is 0 Å². The zero-order valence-electron chi connectivity index (χ0n) is 14.5. The summed E-state index contributed by atoms with van der Waals surface area (Å²) in [5.74, 6) is -1.17. The van der Waals surface area contributed by atoms with Crippen molar-refractivity contribution in [2.45, 2.75) is 4.21 Å². The molecule has 3 aromatic rings. The minimum absolute atomic E-state index is 0.0459. The number of anilines is 1. The number of benzene rings is 2. The van der Waals surface area contributed by atoms with Crippen LogP contribution in [0, 0.1) is 5.82 Å². The lowest BCUT2D eigenvalue weighted by Crippen LogP contribution is -2.17. The van der Waals surface area contributed by atoms with Crippen LogP contribution >= 0.6 is 11.3 Å². The molecule has 1 aromatic heterocycles. The van der Waals surface area contributed by atoms with Crippen molar-refractivity contribution in [1.29, 1.82) is 0 Å². The average molecular weight is 421 g/mol. The molecular weight excluding hydrogens is 405 g/mol. The SMILES string of the molecule is O=C(OCCOc1ccccc1F)c1ccccc1NS(=O)(=O)c1cccs1. The van der Waals surface area contributed by atoms with Crippen molar-refractivity contribution in [2.24, 2.45) is 0 Å². The number of hydrogen-bond acceptors (Lipinski definition) is 6. The number of thiophene rings is 1. The minimum atomic E-state index is -3.80. The Morgan fingerprint density at radius 2 is 1.75 bits per heavy atom. The lowest BCUT2D eigenvalue weighted by atomic mass is 10.2. The maximum absolute atomic E-state index is 13.5. The Balaban J connectivity index is 1.62. The second-order valence-electron chi connectivity index (χ2n) is 5.50. The monoisotopic (exact) mass is 421 g/mol. The first-order valence-corrected chi connectivity index (χ1v) is 10.5. The molecule has 0 fully saturated rings. The molecule has 0 saturated carbocycles. The summed E-state index contributed by atoms with van der Waals surface area (Å²) < 4.78 is 51.1. The van der Waals surface area contributed by atoms with Gasteiger partial charge in [-0.15, -0.1) is 11.3 Å². The Hall–Kier alpha value is -2.91. The Labute approximate surface area is 165 Å². The van der Waals surface area contributed by atoms with Crippen LogP contribution in [0.3, 0.4) is 0 Å². The fourth-order valence-corrected chi connectivity index (χ4v) is 4.36. The van der Waals surface area contributed by atoms with Gasteiger partial charge in [-0.05, 0) is 35.7 Å². The summed E-state index contributed by atoms with van der Waals surface area (Å²) in [5, 5.41) is 1.64. The van der Waals surface area contributed by atoms with Crippen molar-refractivity contribution in [2.75, 3.05) is 17.9 Å². The van der Waals surface area contributed by atoms with E-state index < -0.39 is 21.8 Å². The molecule has 9 heteroatoms. The van der Waals surface area contributed by atoms with Crippen molar-refractivity contribution in [1.82, 2.24) is 0 Å². The van der Waals surface area contributed by atoms with E-state index in [9.17, 15) is 17.6 Å². The third kappa shape index (κ3) is 4.87. The molecule has 0 unspecified atom stereocenters. The van der Waals surface area contributed by atoms with E-state index in [1.165, 1.54) is 36.4 Å². The Bertz CT molecular complexity index is 1050. The van der Waals surface area contributed by atoms with Gasteiger partial charge in [-0.3, -0.25) is 4.72 Å². The number of sulfonamides is 1. The van der Waals surface area contributed by atoms with Gasteiger partial charge >= 0.3 is 5.97 Å². The molecule has 0 radical (unpaired) electrons. The Morgan fingerprint density at radius 3 is 2.50 bits per heavy atom. The van der Waals surface area contributed by atoms with Crippen molar-refractivity contribution in [3.63, 3.8) is 0 Å². The molecular formula is C19H16FNO5S2. The number of para-hydroxylation sites is 2. The Morgan fingerprint density at radius 1 is 1.00 bits per heavy atom. The molecule has 0 amide bonds. The van der Waals surface area contributed by atoms with E-state index in [1.807, 2.05) is 0 Å². The molecule has 28 heavy (non-hydrogen) atoms. The molecule has 1 heterocycles. The van der Waals surface area contributed by atoms with Gasteiger partial charge in [0.1, 0.15) is 17.4 Å². The highest BCUT2D eigenvalue weighted by molar-refractivity contribution is 7.94. The maximum atomic E-state index is 13.5. The largest absolute Gasteiger partial charge is 0.487 e.